The Morgan fingerprint density at radius 1 is 1.43 bits per heavy atom. The molecule has 0 aliphatic rings. The van der Waals surface area contributed by atoms with Gasteiger partial charge in [0.15, 0.2) is 4.34 Å². The Bertz CT molecular complexity index is 615. The number of ether oxygens (including phenoxy) is 2. The highest BCUT2D eigenvalue weighted by molar-refractivity contribution is 8.00. The molecule has 0 spiro atoms. The molecule has 2 heterocycles. The highest BCUT2D eigenvalue weighted by atomic mass is 32.2. The summed E-state index contributed by atoms with van der Waals surface area (Å²) in [7, 11) is 1.32. The minimum absolute atomic E-state index is 0.206. The first-order valence-electron chi connectivity index (χ1n) is 7.18. The molecule has 0 bridgehead atoms. The zero-order valence-electron chi connectivity index (χ0n) is 13.0. The first kappa shape index (κ1) is 17.8. The number of methoxy groups -OCH3 is 1. The summed E-state index contributed by atoms with van der Waals surface area (Å²) in [5.74, 6) is 1.00. The number of carbonyl (C=O) groups is 1. The van der Waals surface area contributed by atoms with Crippen molar-refractivity contribution in [1.82, 2.24) is 10.2 Å². The summed E-state index contributed by atoms with van der Waals surface area (Å²) in [6.45, 7) is 4.27. The van der Waals surface area contributed by atoms with Crippen LogP contribution in [0.25, 0.3) is 0 Å². The first-order valence-corrected chi connectivity index (χ1v) is 8.98. The van der Waals surface area contributed by atoms with Gasteiger partial charge in [0, 0.05) is 19.8 Å². The van der Waals surface area contributed by atoms with Crippen LogP contribution < -0.4 is 5.32 Å². The van der Waals surface area contributed by atoms with Crippen LogP contribution in [0.15, 0.2) is 20.9 Å². The lowest BCUT2D eigenvalue weighted by atomic mass is 10.4. The lowest BCUT2D eigenvalue weighted by Crippen LogP contribution is -2.05. The minimum atomic E-state index is -0.476. The van der Waals surface area contributed by atoms with Gasteiger partial charge in [0.25, 0.3) is 0 Å². The molecule has 2 aromatic heterocycles. The number of anilines is 1. The highest BCUT2D eigenvalue weighted by Crippen LogP contribution is 2.28. The van der Waals surface area contributed by atoms with Crippen LogP contribution in [0.5, 0.6) is 0 Å². The maximum atomic E-state index is 11.3. The van der Waals surface area contributed by atoms with Gasteiger partial charge in [-0.05, 0) is 25.5 Å². The number of rotatable bonds is 10. The Balaban J connectivity index is 1.74. The van der Waals surface area contributed by atoms with Crippen molar-refractivity contribution in [3.05, 3.63) is 23.7 Å². The van der Waals surface area contributed by atoms with Gasteiger partial charge in [0.2, 0.25) is 10.9 Å². The van der Waals surface area contributed by atoms with E-state index in [2.05, 4.69) is 20.3 Å². The van der Waals surface area contributed by atoms with Crippen molar-refractivity contribution in [2.75, 3.05) is 32.2 Å². The third-order valence-corrected chi connectivity index (χ3v) is 4.78. The van der Waals surface area contributed by atoms with E-state index < -0.39 is 5.97 Å². The summed E-state index contributed by atoms with van der Waals surface area (Å²) < 4.78 is 16.1. The van der Waals surface area contributed by atoms with E-state index >= 15 is 0 Å². The Kier molecular flexibility index (Phi) is 7.37. The van der Waals surface area contributed by atoms with Gasteiger partial charge in [0.1, 0.15) is 5.76 Å². The molecule has 1 N–H and O–H groups in total. The zero-order valence-corrected chi connectivity index (χ0v) is 14.7. The average Bonchev–Trinajstić information content (AvgIpc) is 3.21. The molecular formula is C14H19N3O4S2. The van der Waals surface area contributed by atoms with Crippen LogP contribution in [0, 0.1) is 0 Å². The van der Waals surface area contributed by atoms with Gasteiger partial charge in [0.05, 0.1) is 12.9 Å². The smallest absolute Gasteiger partial charge is 0.373 e. The van der Waals surface area contributed by atoms with Crippen molar-refractivity contribution in [3.8, 4) is 0 Å². The molecule has 0 saturated heterocycles. The summed E-state index contributed by atoms with van der Waals surface area (Å²) in [6.07, 6.45) is 0.929. The van der Waals surface area contributed by atoms with Crippen molar-refractivity contribution in [2.24, 2.45) is 0 Å². The molecule has 2 rings (SSSR count). The molecule has 0 fully saturated rings. The maximum Gasteiger partial charge on any atom is 0.373 e. The molecule has 0 aliphatic carbocycles. The van der Waals surface area contributed by atoms with Crippen molar-refractivity contribution in [2.45, 2.75) is 23.4 Å². The SMILES string of the molecule is CCOCCCNc1nnc(SCc2ccc(C(=O)OC)o2)s1. The van der Waals surface area contributed by atoms with Crippen molar-refractivity contribution >= 4 is 34.2 Å². The van der Waals surface area contributed by atoms with E-state index in [1.54, 1.807) is 12.1 Å². The Labute approximate surface area is 142 Å². The van der Waals surface area contributed by atoms with E-state index in [1.807, 2.05) is 6.92 Å². The number of esters is 1. The fraction of sp³-hybridized carbons (Fsp3) is 0.500. The topological polar surface area (TPSA) is 86.5 Å². The van der Waals surface area contributed by atoms with Crippen molar-refractivity contribution in [1.29, 1.82) is 0 Å². The Morgan fingerprint density at radius 2 is 2.30 bits per heavy atom. The van der Waals surface area contributed by atoms with E-state index in [0.717, 1.165) is 35.7 Å². The number of carbonyl (C=O) groups excluding carboxylic acids is 1. The molecule has 0 aliphatic heterocycles. The minimum Gasteiger partial charge on any atom is -0.463 e. The van der Waals surface area contributed by atoms with Gasteiger partial charge >= 0.3 is 5.97 Å². The van der Waals surface area contributed by atoms with E-state index in [1.165, 1.54) is 30.2 Å². The van der Waals surface area contributed by atoms with Gasteiger partial charge in [-0.25, -0.2) is 4.79 Å². The largest absolute Gasteiger partial charge is 0.463 e. The molecular weight excluding hydrogens is 338 g/mol. The number of nitrogens with one attached hydrogen (secondary N) is 1. The number of thioether (sulfide) groups is 1. The molecule has 2 aromatic rings. The molecule has 0 radical (unpaired) electrons. The van der Waals surface area contributed by atoms with Crippen LogP contribution in [0.2, 0.25) is 0 Å². The van der Waals surface area contributed by atoms with Crippen molar-refractivity contribution in [3.63, 3.8) is 0 Å². The molecule has 9 heteroatoms. The van der Waals surface area contributed by atoms with Crippen LogP contribution in [0.4, 0.5) is 5.13 Å². The summed E-state index contributed by atoms with van der Waals surface area (Å²) in [4.78, 5) is 11.3. The standard InChI is InChI=1S/C14H19N3O4S2/c1-3-20-8-4-7-15-13-16-17-14(23-13)22-9-10-5-6-11(21-10)12(18)19-2/h5-6H,3-4,7-9H2,1-2H3,(H,15,16). The van der Waals surface area contributed by atoms with Crippen molar-refractivity contribution < 1.29 is 18.7 Å². The molecule has 7 nitrogen and oxygen atoms in total. The normalized spacial score (nSPS) is 10.7. The van der Waals surface area contributed by atoms with Crippen LogP contribution in [-0.4, -0.2) is 43.0 Å². The molecule has 0 saturated carbocycles. The van der Waals surface area contributed by atoms with E-state index in [-0.39, 0.29) is 5.76 Å². The average molecular weight is 357 g/mol. The Hall–Kier alpha value is -1.58. The Morgan fingerprint density at radius 3 is 3.09 bits per heavy atom. The van der Waals surface area contributed by atoms with Gasteiger partial charge in [-0.2, -0.15) is 0 Å². The van der Waals surface area contributed by atoms with Gasteiger partial charge in [-0.15, -0.1) is 10.2 Å². The second-order valence-corrected chi connectivity index (χ2v) is 6.60. The fourth-order valence-corrected chi connectivity index (χ4v) is 3.32. The molecule has 0 aromatic carbocycles. The number of furan rings is 1. The molecule has 0 atom stereocenters. The third-order valence-electron chi connectivity index (χ3n) is 2.74. The lowest BCUT2D eigenvalue weighted by Gasteiger charge is -2.01. The molecule has 0 unspecified atom stereocenters. The van der Waals surface area contributed by atoms with E-state index in [9.17, 15) is 4.79 Å². The molecule has 0 amide bonds. The second kappa shape index (κ2) is 9.53. The van der Waals surface area contributed by atoms with Gasteiger partial charge in [-0.1, -0.05) is 23.1 Å². The number of hydrogen-bond donors (Lipinski definition) is 1. The van der Waals surface area contributed by atoms with Gasteiger partial charge < -0.3 is 19.2 Å². The summed E-state index contributed by atoms with van der Waals surface area (Å²) >= 11 is 3.00. The maximum absolute atomic E-state index is 11.3. The zero-order chi connectivity index (χ0) is 16.5. The fourth-order valence-electron chi connectivity index (χ4n) is 1.65. The van der Waals surface area contributed by atoms with Crippen LogP contribution in [0.1, 0.15) is 29.7 Å². The third kappa shape index (κ3) is 5.85. The number of nitrogens with zero attached hydrogens (tertiary/aromatic N) is 2. The van der Waals surface area contributed by atoms with Crippen LogP contribution in [-0.2, 0) is 15.2 Å². The predicted molar refractivity (Wildman–Crippen MR) is 89.1 cm³/mol. The predicted octanol–water partition coefficient (Wildman–Crippen LogP) is 3.05. The molecule has 23 heavy (non-hydrogen) atoms. The van der Waals surface area contributed by atoms with Gasteiger partial charge in [-0.3, -0.25) is 0 Å². The summed E-state index contributed by atoms with van der Waals surface area (Å²) in [6, 6.07) is 3.36. The van der Waals surface area contributed by atoms with E-state index in [0.29, 0.717) is 11.5 Å². The quantitative estimate of drug-likeness (QED) is 0.394. The highest BCUT2D eigenvalue weighted by Gasteiger charge is 2.12. The number of aromatic nitrogens is 2. The monoisotopic (exact) mass is 357 g/mol. The van der Waals surface area contributed by atoms with Crippen LogP contribution >= 0.6 is 23.1 Å². The summed E-state index contributed by atoms with van der Waals surface area (Å²) in [5, 5.41) is 12.2. The molecule has 126 valence electrons. The van der Waals surface area contributed by atoms with Crippen LogP contribution in [0.3, 0.4) is 0 Å². The lowest BCUT2D eigenvalue weighted by molar-refractivity contribution is 0.0563. The second-order valence-electron chi connectivity index (χ2n) is 4.40. The van der Waals surface area contributed by atoms with E-state index in [4.69, 9.17) is 9.15 Å². The first-order chi connectivity index (χ1) is 11.2. The number of hydrogen-bond acceptors (Lipinski definition) is 9. The summed E-state index contributed by atoms with van der Waals surface area (Å²) in [5.41, 5.74) is 0.